The van der Waals surface area contributed by atoms with Crippen LogP contribution in [0.2, 0.25) is 0 Å². The summed E-state index contributed by atoms with van der Waals surface area (Å²) in [7, 11) is 0. The Hall–Kier alpha value is -1.36. The third-order valence-electron chi connectivity index (χ3n) is 3.38. The van der Waals surface area contributed by atoms with E-state index in [4.69, 9.17) is 10.5 Å². The second-order valence-electron chi connectivity index (χ2n) is 6.17. The molecule has 0 aromatic carbocycles. The molecule has 1 saturated heterocycles. The minimum Gasteiger partial charge on any atom is -0.383 e. The van der Waals surface area contributed by atoms with E-state index in [2.05, 4.69) is 36.1 Å². The van der Waals surface area contributed by atoms with Gasteiger partial charge in [0.1, 0.15) is 17.5 Å². The van der Waals surface area contributed by atoms with Crippen LogP contribution in [0.15, 0.2) is 0 Å². The van der Waals surface area contributed by atoms with Gasteiger partial charge in [-0.15, -0.1) is 0 Å². The molecule has 0 radical (unpaired) electrons. The van der Waals surface area contributed by atoms with Crippen molar-refractivity contribution in [2.45, 2.75) is 52.1 Å². The first-order chi connectivity index (χ1) is 8.88. The smallest absolute Gasteiger partial charge is 0.138 e. The average Bonchev–Trinajstić information content (AvgIpc) is 2.82. The molecule has 1 fully saturated rings. The highest BCUT2D eigenvalue weighted by atomic mass is 16.5. The molecular formula is C14H24N4O. The van der Waals surface area contributed by atoms with Crippen LogP contribution in [0, 0.1) is 6.92 Å². The third kappa shape index (κ3) is 3.35. The van der Waals surface area contributed by atoms with Gasteiger partial charge in [0.05, 0.1) is 6.10 Å². The van der Waals surface area contributed by atoms with Crippen LogP contribution in [0.4, 0.5) is 11.6 Å². The zero-order valence-corrected chi connectivity index (χ0v) is 12.3. The molecule has 3 N–H and O–H groups in total. The number of nitrogens with zero attached hydrogens (tertiary/aromatic N) is 2. The lowest BCUT2D eigenvalue weighted by Crippen LogP contribution is -2.23. The minimum atomic E-state index is -0.109. The van der Waals surface area contributed by atoms with Crippen molar-refractivity contribution in [2.24, 2.45) is 0 Å². The molecule has 0 aliphatic carbocycles. The van der Waals surface area contributed by atoms with Gasteiger partial charge in [0, 0.05) is 24.1 Å². The Morgan fingerprint density at radius 1 is 1.37 bits per heavy atom. The summed E-state index contributed by atoms with van der Waals surface area (Å²) in [6.07, 6.45) is 2.54. The van der Waals surface area contributed by atoms with Crippen LogP contribution in [-0.2, 0) is 10.2 Å². The fraction of sp³-hybridized carbons (Fsp3) is 0.714. The Labute approximate surface area is 115 Å². The fourth-order valence-electron chi connectivity index (χ4n) is 2.06. The van der Waals surface area contributed by atoms with Gasteiger partial charge >= 0.3 is 0 Å². The van der Waals surface area contributed by atoms with Gasteiger partial charge in [-0.2, -0.15) is 0 Å². The molecule has 1 aliphatic rings. The largest absolute Gasteiger partial charge is 0.383 e. The van der Waals surface area contributed by atoms with Gasteiger partial charge in [0.15, 0.2) is 0 Å². The summed E-state index contributed by atoms with van der Waals surface area (Å²) >= 11 is 0. The Morgan fingerprint density at radius 3 is 2.68 bits per heavy atom. The van der Waals surface area contributed by atoms with Crippen molar-refractivity contribution in [2.75, 3.05) is 24.2 Å². The van der Waals surface area contributed by atoms with Crippen molar-refractivity contribution in [3.8, 4) is 0 Å². The lowest BCUT2D eigenvalue weighted by Gasteiger charge is -2.20. The van der Waals surface area contributed by atoms with Gasteiger partial charge in [-0.05, 0) is 19.8 Å². The van der Waals surface area contributed by atoms with E-state index >= 15 is 0 Å². The molecule has 106 valence electrons. The van der Waals surface area contributed by atoms with Crippen LogP contribution in [0.3, 0.4) is 0 Å². The predicted octanol–water partition coefficient (Wildman–Crippen LogP) is 2.26. The van der Waals surface area contributed by atoms with E-state index in [0.717, 1.165) is 43.2 Å². The van der Waals surface area contributed by atoms with Gasteiger partial charge in [0.25, 0.3) is 0 Å². The number of anilines is 2. The normalized spacial score (nSPS) is 19.7. The number of hydrogen-bond donors (Lipinski definition) is 2. The topological polar surface area (TPSA) is 73.1 Å². The molecule has 0 spiro atoms. The molecule has 2 heterocycles. The molecular weight excluding hydrogens is 240 g/mol. The van der Waals surface area contributed by atoms with Gasteiger partial charge < -0.3 is 15.8 Å². The summed E-state index contributed by atoms with van der Waals surface area (Å²) < 4.78 is 5.61. The first-order valence-corrected chi connectivity index (χ1v) is 6.88. The van der Waals surface area contributed by atoms with Crippen LogP contribution in [-0.4, -0.2) is 29.2 Å². The highest BCUT2D eigenvalue weighted by Crippen LogP contribution is 2.25. The van der Waals surface area contributed by atoms with Crippen molar-refractivity contribution < 1.29 is 4.74 Å². The van der Waals surface area contributed by atoms with Crippen molar-refractivity contribution >= 4 is 11.6 Å². The molecule has 1 aliphatic heterocycles. The molecule has 5 nitrogen and oxygen atoms in total. The number of nitrogen functional groups attached to an aromatic ring is 1. The van der Waals surface area contributed by atoms with Crippen molar-refractivity contribution in [3.05, 3.63) is 11.4 Å². The van der Waals surface area contributed by atoms with Crippen LogP contribution in [0.5, 0.6) is 0 Å². The molecule has 0 amide bonds. The van der Waals surface area contributed by atoms with Gasteiger partial charge in [0.2, 0.25) is 0 Å². The van der Waals surface area contributed by atoms with E-state index < -0.39 is 0 Å². The molecule has 19 heavy (non-hydrogen) atoms. The number of rotatable bonds is 3. The zero-order chi connectivity index (χ0) is 14.0. The van der Waals surface area contributed by atoms with Crippen molar-refractivity contribution in [1.82, 2.24) is 9.97 Å². The number of hydrogen-bond acceptors (Lipinski definition) is 5. The Morgan fingerprint density at radius 2 is 2.11 bits per heavy atom. The summed E-state index contributed by atoms with van der Waals surface area (Å²) in [5.74, 6) is 2.15. The first kappa shape index (κ1) is 14.1. The second kappa shape index (κ2) is 5.33. The monoisotopic (exact) mass is 264 g/mol. The molecule has 0 bridgehead atoms. The van der Waals surface area contributed by atoms with E-state index in [1.165, 1.54) is 0 Å². The Kier molecular flexibility index (Phi) is 3.94. The summed E-state index contributed by atoms with van der Waals surface area (Å²) in [5, 5.41) is 3.35. The maximum absolute atomic E-state index is 5.98. The zero-order valence-electron chi connectivity index (χ0n) is 12.3. The van der Waals surface area contributed by atoms with Crippen LogP contribution < -0.4 is 11.1 Å². The molecule has 1 aromatic rings. The van der Waals surface area contributed by atoms with Gasteiger partial charge in [-0.1, -0.05) is 20.8 Å². The highest BCUT2D eigenvalue weighted by molar-refractivity contribution is 5.55. The highest BCUT2D eigenvalue weighted by Gasteiger charge is 2.21. The van der Waals surface area contributed by atoms with E-state index in [1.807, 2.05) is 6.92 Å². The fourth-order valence-corrected chi connectivity index (χ4v) is 2.06. The lowest BCUT2D eigenvalue weighted by atomic mass is 9.95. The van der Waals surface area contributed by atoms with Crippen LogP contribution >= 0.6 is 0 Å². The number of nitrogens with one attached hydrogen (secondary N) is 1. The maximum Gasteiger partial charge on any atom is 0.138 e. The lowest BCUT2D eigenvalue weighted by molar-refractivity contribution is 0.120. The van der Waals surface area contributed by atoms with E-state index in [0.29, 0.717) is 5.82 Å². The summed E-state index contributed by atoms with van der Waals surface area (Å²) in [6.45, 7) is 9.84. The van der Waals surface area contributed by atoms with E-state index in [-0.39, 0.29) is 11.5 Å². The Bertz CT molecular complexity index is 447. The predicted molar refractivity (Wildman–Crippen MR) is 77.3 cm³/mol. The summed E-state index contributed by atoms with van der Waals surface area (Å²) in [4.78, 5) is 8.99. The second-order valence-corrected chi connectivity index (χ2v) is 6.17. The standard InChI is InChI=1S/C14H24N4O/c1-9-11(15)17-13(14(2,3)4)18-12(9)16-8-10-6-5-7-19-10/h10H,5-8H2,1-4H3,(H3,15,16,17,18). The van der Waals surface area contributed by atoms with Gasteiger partial charge in [-0.25, -0.2) is 9.97 Å². The summed E-state index contributed by atoms with van der Waals surface area (Å²) in [6, 6.07) is 0. The molecule has 2 rings (SSSR count). The molecule has 1 unspecified atom stereocenters. The van der Waals surface area contributed by atoms with E-state index in [9.17, 15) is 0 Å². The molecule has 0 saturated carbocycles. The number of aromatic nitrogens is 2. The quantitative estimate of drug-likeness (QED) is 0.876. The van der Waals surface area contributed by atoms with Crippen LogP contribution in [0.1, 0.15) is 45.0 Å². The third-order valence-corrected chi connectivity index (χ3v) is 3.38. The molecule has 5 heteroatoms. The number of nitrogens with two attached hydrogens (primary N) is 1. The Balaban J connectivity index is 2.16. The average molecular weight is 264 g/mol. The number of ether oxygens (including phenoxy) is 1. The summed E-state index contributed by atoms with van der Waals surface area (Å²) in [5.41, 5.74) is 6.78. The molecule has 1 atom stereocenters. The van der Waals surface area contributed by atoms with Crippen molar-refractivity contribution in [3.63, 3.8) is 0 Å². The van der Waals surface area contributed by atoms with Gasteiger partial charge in [-0.3, -0.25) is 0 Å². The molecule has 1 aromatic heterocycles. The first-order valence-electron chi connectivity index (χ1n) is 6.88. The van der Waals surface area contributed by atoms with E-state index in [1.54, 1.807) is 0 Å². The minimum absolute atomic E-state index is 0.109. The SMILES string of the molecule is Cc1c(N)nc(C(C)(C)C)nc1NCC1CCCO1. The maximum atomic E-state index is 5.98. The van der Waals surface area contributed by atoms with Crippen LogP contribution in [0.25, 0.3) is 0 Å². The van der Waals surface area contributed by atoms with Crippen molar-refractivity contribution in [1.29, 1.82) is 0 Å².